The molecule has 2 nitrogen and oxygen atoms in total. The molecule has 15 heavy (non-hydrogen) atoms. The number of nitrogens with zero attached hydrogens (tertiary/aromatic N) is 1. The maximum absolute atomic E-state index is 5.65. The normalized spacial score (nSPS) is 10.0. The third kappa shape index (κ3) is 2.57. The zero-order valence-corrected chi connectivity index (χ0v) is 9.86. The van der Waals surface area contributed by atoms with Gasteiger partial charge in [0, 0.05) is 16.9 Å². The van der Waals surface area contributed by atoms with E-state index in [-0.39, 0.29) is 0 Å². The molecule has 2 aromatic rings. The summed E-state index contributed by atoms with van der Waals surface area (Å²) in [6, 6.07) is 9.56. The smallest absolute Gasteiger partial charge is 0.130 e. The number of halogens is 1. The van der Waals surface area contributed by atoms with Crippen LogP contribution >= 0.6 is 15.9 Å². The van der Waals surface area contributed by atoms with Crippen LogP contribution in [0.1, 0.15) is 5.56 Å². The highest BCUT2D eigenvalue weighted by Gasteiger charge is 1.99. The molecule has 0 saturated heterocycles. The fourth-order valence-corrected chi connectivity index (χ4v) is 1.47. The van der Waals surface area contributed by atoms with Gasteiger partial charge in [-0.3, -0.25) is 4.98 Å². The van der Waals surface area contributed by atoms with Crippen molar-refractivity contribution in [3.05, 3.63) is 52.8 Å². The van der Waals surface area contributed by atoms with E-state index < -0.39 is 0 Å². The standard InChI is InChI=1S/C12H10BrNO/c1-9-8-11(2-3-12(9)13)15-10-4-6-14-7-5-10/h2-8H,1H3. The lowest BCUT2D eigenvalue weighted by molar-refractivity contribution is 0.481. The van der Waals surface area contributed by atoms with Crippen LogP contribution in [-0.2, 0) is 0 Å². The average molecular weight is 264 g/mol. The van der Waals surface area contributed by atoms with Crippen LogP contribution in [0.25, 0.3) is 0 Å². The van der Waals surface area contributed by atoms with Gasteiger partial charge in [0.2, 0.25) is 0 Å². The minimum atomic E-state index is 0.798. The van der Waals surface area contributed by atoms with E-state index in [0.29, 0.717) is 0 Å². The second kappa shape index (κ2) is 4.45. The third-order valence-electron chi connectivity index (χ3n) is 2.01. The zero-order chi connectivity index (χ0) is 10.7. The highest BCUT2D eigenvalue weighted by Crippen LogP contribution is 2.25. The molecular weight excluding hydrogens is 254 g/mol. The molecule has 3 heteroatoms. The van der Waals surface area contributed by atoms with Gasteiger partial charge in [-0.15, -0.1) is 0 Å². The lowest BCUT2D eigenvalue weighted by Gasteiger charge is -2.06. The summed E-state index contributed by atoms with van der Waals surface area (Å²) in [5.74, 6) is 1.63. The molecule has 1 heterocycles. The summed E-state index contributed by atoms with van der Waals surface area (Å²) >= 11 is 3.45. The predicted octanol–water partition coefficient (Wildman–Crippen LogP) is 3.94. The Morgan fingerprint density at radius 3 is 2.47 bits per heavy atom. The number of aromatic nitrogens is 1. The quantitative estimate of drug-likeness (QED) is 0.819. The summed E-state index contributed by atoms with van der Waals surface area (Å²) in [6.45, 7) is 2.03. The van der Waals surface area contributed by atoms with Crippen molar-refractivity contribution < 1.29 is 4.74 Å². The number of pyridine rings is 1. The second-order valence-electron chi connectivity index (χ2n) is 3.20. The van der Waals surface area contributed by atoms with Crippen LogP contribution in [0.3, 0.4) is 0 Å². The van der Waals surface area contributed by atoms with E-state index in [1.54, 1.807) is 12.4 Å². The Bertz CT molecular complexity index is 456. The van der Waals surface area contributed by atoms with Crippen molar-refractivity contribution in [1.29, 1.82) is 0 Å². The molecule has 0 bridgehead atoms. The molecule has 0 aliphatic rings. The van der Waals surface area contributed by atoms with Gasteiger partial charge in [0.15, 0.2) is 0 Å². The summed E-state index contributed by atoms with van der Waals surface area (Å²) in [6.07, 6.45) is 3.42. The lowest BCUT2D eigenvalue weighted by atomic mass is 10.2. The van der Waals surface area contributed by atoms with E-state index in [1.165, 1.54) is 0 Å². The molecule has 0 aliphatic carbocycles. The summed E-state index contributed by atoms with van der Waals surface area (Å²) < 4.78 is 6.74. The highest BCUT2D eigenvalue weighted by molar-refractivity contribution is 9.10. The molecular formula is C12H10BrNO. The van der Waals surface area contributed by atoms with Gasteiger partial charge >= 0.3 is 0 Å². The molecule has 0 radical (unpaired) electrons. The predicted molar refractivity (Wildman–Crippen MR) is 63.2 cm³/mol. The molecule has 1 aromatic carbocycles. The van der Waals surface area contributed by atoms with Gasteiger partial charge in [-0.2, -0.15) is 0 Å². The maximum atomic E-state index is 5.65. The first kappa shape index (κ1) is 10.2. The number of hydrogen-bond donors (Lipinski definition) is 0. The van der Waals surface area contributed by atoms with Crippen molar-refractivity contribution in [3.8, 4) is 11.5 Å². The summed E-state index contributed by atoms with van der Waals surface area (Å²) in [5, 5.41) is 0. The van der Waals surface area contributed by atoms with Gasteiger partial charge < -0.3 is 4.74 Å². The van der Waals surface area contributed by atoms with Crippen LogP contribution in [0.2, 0.25) is 0 Å². The Hall–Kier alpha value is -1.35. The van der Waals surface area contributed by atoms with Gasteiger partial charge in [0.05, 0.1) is 0 Å². The number of benzene rings is 1. The van der Waals surface area contributed by atoms with Gasteiger partial charge in [-0.25, -0.2) is 0 Å². The van der Waals surface area contributed by atoms with Crippen LogP contribution in [0.5, 0.6) is 11.5 Å². The summed E-state index contributed by atoms with van der Waals surface area (Å²) in [7, 11) is 0. The average Bonchev–Trinajstić information content (AvgIpc) is 2.25. The summed E-state index contributed by atoms with van der Waals surface area (Å²) in [4.78, 5) is 3.93. The van der Waals surface area contributed by atoms with Crippen LogP contribution in [0.15, 0.2) is 47.2 Å². The Morgan fingerprint density at radius 1 is 1.07 bits per heavy atom. The van der Waals surface area contributed by atoms with Gasteiger partial charge in [-0.05, 0) is 42.8 Å². The van der Waals surface area contributed by atoms with Crippen molar-refractivity contribution in [2.24, 2.45) is 0 Å². The first-order valence-corrected chi connectivity index (χ1v) is 5.39. The Morgan fingerprint density at radius 2 is 1.80 bits per heavy atom. The van der Waals surface area contributed by atoms with Crippen molar-refractivity contribution in [1.82, 2.24) is 4.98 Å². The minimum absolute atomic E-state index is 0.798. The van der Waals surface area contributed by atoms with Gasteiger partial charge in [0.25, 0.3) is 0 Å². The molecule has 0 aliphatic heterocycles. The SMILES string of the molecule is Cc1cc(Oc2ccncc2)ccc1Br. The molecule has 76 valence electrons. The Kier molecular flexibility index (Phi) is 3.02. The van der Waals surface area contributed by atoms with Crippen molar-refractivity contribution in [2.75, 3.05) is 0 Å². The van der Waals surface area contributed by atoms with E-state index in [4.69, 9.17) is 4.74 Å². The van der Waals surface area contributed by atoms with Crippen molar-refractivity contribution in [3.63, 3.8) is 0 Å². The van der Waals surface area contributed by atoms with E-state index >= 15 is 0 Å². The van der Waals surface area contributed by atoms with Crippen molar-refractivity contribution >= 4 is 15.9 Å². The fraction of sp³-hybridized carbons (Fsp3) is 0.0833. The van der Waals surface area contributed by atoms with Crippen LogP contribution in [0.4, 0.5) is 0 Å². The summed E-state index contributed by atoms with van der Waals surface area (Å²) in [5.41, 5.74) is 1.15. The zero-order valence-electron chi connectivity index (χ0n) is 8.27. The molecule has 0 N–H and O–H groups in total. The number of ether oxygens (including phenoxy) is 1. The number of rotatable bonds is 2. The van der Waals surface area contributed by atoms with Crippen LogP contribution < -0.4 is 4.74 Å². The molecule has 0 saturated carbocycles. The first-order valence-electron chi connectivity index (χ1n) is 4.60. The van der Waals surface area contributed by atoms with Crippen molar-refractivity contribution in [2.45, 2.75) is 6.92 Å². The maximum Gasteiger partial charge on any atom is 0.130 e. The first-order chi connectivity index (χ1) is 7.25. The largest absolute Gasteiger partial charge is 0.457 e. The van der Waals surface area contributed by atoms with Crippen LogP contribution in [-0.4, -0.2) is 4.98 Å². The fourth-order valence-electron chi connectivity index (χ4n) is 1.22. The lowest BCUT2D eigenvalue weighted by Crippen LogP contribution is -1.85. The second-order valence-corrected chi connectivity index (χ2v) is 4.05. The molecule has 1 aromatic heterocycles. The highest BCUT2D eigenvalue weighted by atomic mass is 79.9. The Labute approximate surface area is 97.1 Å². The third-order valence-corrected chi connectivity index (χ3v) is 2.90. The van der Waals surface area contributed by atoms with E-state index in [0.717, 1.165) is 21.5 Å². The molecule has 0 fully saturated rings. The van der Waals surface area contributed by atoms with E-state index in [1.807, 2.05) is 37.3 Å². The van der Waals surface area contributed by atoms with Crippen LogP contribution in [0, 0.1) is 6.92 Å². The molecule has 0 spiro atoms. The Balaban J connectivity index is 2.22. The molecule has 0 atom stereocenters. The van der Waals surface area contributed by atoms with Gasteiger partial charge in [-0.1, -0.05) is 15.9 Å². The minimum Gasteiger partial charge on any atom is -0.457 e. The number of aryl methyl sites for hydroxylation is 1. The van der Waals surface area contributed by atoms with Gasteiger partial charge in [0.1, 0.15) is 11.5 Å². The molecule has 0 amide bonds. The topological polar surface area (TPSA) is 22.1 Å². The van der Waals surface area contributed by atoms with E-state index in [2.05, 4.69) is 20.9 Å². The molecule has 0 unspecified atom stereocenters. The molecule has 2 rings (SSSR count). The van der Waals surface area contributed by atoms with E-state index in [9.17, 15) is 0 Å². The monoisotopic (exact) mass is 263 g/mol. The number of hydrogen-bond acceptors (Lipinski definition) is 2.